The van der Waals surface area contributed by atoms with E-state index < -0.39 is 5.54 Å². The standard InChI is InChI=1S/C22H28N2O5/c25-20-12-27-14-22(23-20)9-10-24-19(22)11-28-16-7-5-15(6-8-16)17-3-1-2-4-18(17)29-13-21(24)26/h1-4,15-16,19H,5-14H2,(H,23,25)/t15-,16+,19-,22+/m0/s1. The third kappa shape index (κ3) is 3.51. The Morgan fingerprint density at radius 2 is 1.90 bits per heavy atom. The lowest BCUT2D eigenvalue weighted by atomic mass is 9.82. The van der Waals surface area contributed by atoms with E-state index in [-0.39, 0.29) is 37.2 Å². The number of benzene rings is 1. The van der Waals surface area contributed by atoms with Gasteiger partial charge in [0.25, 0.3) is 5.91 Å². The fraction of sp³-hybridized carbons (Fsp3) is 0.636. The zero-order valence-corrected chi connectivity index (χ0v) is 16.6. The number of amides is 2. The van der Waals surface area contributed by atoms with E-state index in [4.69, 9.17) is 14.2 Å². The average molecular weight is 400 g/mol. The molecule has 2 amide bonds. The minimum atomic E-state index is -0.569. The molecule has 1 saturated carbocycles. The lowest BCUT2D eigenvalue weighted by Gasteiger charge is -2.41. The summed E-state index contributed by atoms with van der Waals surface area (Å²) in [5, 5.41) is 3.12. The van der Waals surface area contributed by atoms with E-state index in [1.807, 2.05) is 23.1 Å². The molecule has 0 unspecified atom stereocenters. The van der Waals surface area contributed by atoms with Gasteiger partial charge in [0.2, 0.25) is 5.91 Å². The highest BCUT2D eigenvalue weighted by atomic mass is 16.5. The molecule has 1 aliphatic carbocycles. The van der Waals surface area contributed by atoms with Gasteiger partial charge in [0.05, 0.1) is 30.9 Å². The highest BCUT2D eigenvalue weighted by molar-refractivity contribution is 5.81. The second-order valence-electron chi connectivity index (χ2n) is 8.68. The van der Waals surface area contributed by atoms with E-state index in [2.05, 4.69) is 11.4 Å². The Bertz CT molecular complexity index is 791. The van der Waals surface area contributed by atoms with Gasteiger partial charge in [0.1, 0.15) is 12.4 Å². The van der Waals surface area contributed by atoms with Crippen molar-refractivity contribution in [3.8, 4) is 5.75 Å². The fourth-order valence-corrected chi connectivity index (χ4v) is 5.42. The predicted molar refractivity (Wildman–Crippen MR) is 105 cm³/mol. The fourth-order valence-electron chi connectivity index (χ4n) is 5.42. The molecule has 29 heavy (non-hydrogen) atoms. The van der Waals surface area contributed by atoms with Crippen LogP contribution in [0.1, 0.15) is 43.6 Å². The van der Waals surface area contributed by atoms with Crippen LogP contribution in [0.3, 0.4) is 0 Å². The van der Waals surface area contributed by atoms with Crippen LogP contribution in [0.5, 0.6) is 5.75 Å². The van der Waals surface area contributed by atoms with Crippen molar-refractivity contribution < 1.29 is 23.8 Å². The van der Waals surface area contributed by atoms with Crippen LogP contribution < -0.4 is 10.1 Å². The third-order valence-electron chi connectivity index (χ3n) is 6.99. The van der Waals surface area contributed by atoms with E-state index in [0.29, 0.717) is 32.1 Å². The molecule has 5 aliphatic rings. The largest absolute Gasteiger partial charge is 0.483 e. The molecule has 7 nitrogen and oxygen atoms in total. The van der Waals surface area contributed by atoms with E-state index in [1.165, 1.54) is 5.56 Å². The summed E-state index contributed by atoms with van der Waals surface area (Å²) in [7, 11) is 0. The van der Waals surface area contributed by atoms with E-state index >= 15 is 0 Å². The Morgan fingerprint density at radius 1 is 1.07 bits per heavy atom. The Labute approximate surface area is 170 Å². The third-order valence-corrected chi connectivity index (χ3v) is 6.99. The first kappa shape index (κ1) is 18.9. The van der Waals surface area contributed by atoms with Crippen molar-refractivity contribution in [2.24, 2.45) is 0 Å². The molecule has 0 aromatic heterocycles. The van der Waals surface area contributed by atoms with Crippen LogP contribution in [0.15, 0.2) is 24.3 Å². The summed E-state index contributed by atoms with van der Waals surface area (Å²) >= 11 is 0. The maximum Gasteiger partial charge on any atom is 0.260 e. The molecule has 2 saturated heterocycles. The molecule has 4 aliphatic heterocycles. The molecule has 2 atom stereocenters. The highest BCUT2D eigenvalue weighted by Crippen LogP contribution is 2.39. The lowest BCUT2D eigenvalue weighted by molar-refractivity contribution is -0.144. The molecular weight excluding hydrogens is 372 g/mol. The minimum Gasteiger partial charge on any atom is -0.483 e. The Kier molecular flexibility index (Phi) is 4.95. The van der Waals surface area contributed by atoms with Gasteiger partial charge in [-0.15, -0.1) is 0 Å². The van der Waals surface area contributed by atoms with Crippen molar-refractivity contribution in [2.45, 2.75) is 55.7 Å². The van der Waals surface area contributed by atoms with Crippen LogP contribution in [-0.4, -0.2) is 67.4 Å². The zero-order valence-electron chi connectivity index (χ0n) is 16.6. The summed E-state index contributed by atoms with van der Waals surface area (Å²) < 4.78 is 17.9. The van der Waals surface area contributed by atoms with E-state index in [0.717, 1.165) is 31.4 Å². The molecule has 1 aromatic rings. The number of carbonyl (C=O) groups is 2. The number of hydrogen-bond donors (Lipinski definition) is 1. The summed E-state index contributed by atoms with van der Waals surface area (Å²) in [5.74, 6) is 1.05. The van der Waals surface area contributed by atoms with Crippen molar-refractivity contribution in [3.63, 3.8) is 0 Å². The molecule has 1 spiro atoms. The molecule has 7 heteroatoms. The highest BCUT2D eigenvalue weighted by Gasteiger charge is 2.52. The van der Waals surface area contributed by atoms with Gasteiger partial charge in [-0.3, -0.25) is 9.59 Å². The summed E-state index contributed by atoms with van der Waals surface area (Å²) in [6, 6.07) is 7.84. The van der Waals surface area contributed by atoms with Gasteiger partial charge in [-0.25, -0.2) is 0 Å². The summed E-state index contributed by atoms with van der Waals surface area (Å²) in [6.07, 6.45) is 4.96. The lowest BCUT2D eigenvalue weighted by Crippen LogP contribution is -2.65. The number of ether oxygens (including phenoxy) is 3. The first-order valence-corrected chi connectivity index (χ1v) is 10.7. The van der Waals surface area contributed by atoms with Crippen LogP contribution in [0.25, 0.3) is 0 Å². The number of para-hydroxylation sites is 1. The monoisotopic (exact) mass is 400 g/mol. The van der Waals surface area contributed by atoms with E-state index in [9.17, 15) is 9.59 Å². The van der Waals surface area contributed by atoms with Crippen LogP contribution >= 0.6 is 0 Å². The molecule has 4 heterocycles. The molecular formula is C22H28N2O5. The first-order chi connectivity index (χ1) is 14.1. The topological polar surface area (TPSA) is 77.1 Å². The van der Waals surface area contributed by atoms with Gasteiger partial charge >= 0.3 is 0 Å². The van der Waals surface area contributed by atoms with Crippen molar-refractivity contribution in [3.05, 3.63) is 29.8 Å². The Balaban J connectivity index is 1.44. The quantitative estimate of drug-likeness (QED) is 0.716. The van der Waals surface area contributed by atoms with E-state index in [1.54, 1.807) is 0 Å². The first-order valence-electron chi connectivity index (χ1n) is 10.7. The molecule has 2 bridgehead atoms. The van der Waals surface area contributed by atoms with Gasteiger partial charge in [-0.05, 0) is 49.7 Å². The Hall–Kier alpha value is -2.12. The predicted octanol–water partition coefficient (Wildman–Crippen LogP) is 1.61. The van der Waals surface area contributed by atoms with Gasteiger partial charge in [-0.2, -0.15) is 0 Å². The summed E-state index contributed by atoms with van der Waals surface area (Å²) in [6.45, 7) is 1.46. The molecule has 1 N–H and O–H groups in total. The second-order valence-corrected chi connectivity index (χ2v) is 8.68. The van der Waals surface area contributed by atoms with Gasteiger partial charge in [0, 0.05) is 6.54 Å². The smallest absolute Gasteiger partial charge is 0.260 e. The second kappa shape index (κ2) is 7.61. The van der Waals surface area contributed by atoms with Gasteiger partial charge < -0.3 is 24.4 Å². The molecule has 1 aromatic carbocycles. The number of morpholine rings is 1. The molecule has 0 radical (unpaired) electrons. The van der Waals surface area contributed by atoms with Crippen LogP contribution in [0.4, 0.5) is 0 Å². The van der Waals surface area contributed by atoms with Crippen LogP contribution in [0.2, 0.25) is 0 Å². The summed E-state index contributed by atoms with van der Waals surface area (Å²) in [4.78, 5) is 27.0. The van der Waals surface area contributed by atoms with Crippen LogP contribution in [0, 0.1) is 0 Å². The molecule has 156 valence electrons. The van der Waals surface area contributed by atoms with Crippen LogP contribution in [-0.2, 0) is 19.1 Å². The number of carbonyl (C=O) groups excluding carboxylic acids is 2. The Morgan fingerprint density at radius 3 is 2.72 bits per heavy atom. The molecule has 3 fully saturated rings. The van der Waals surface area contributed by atoms with Crippen molar-refractivity contribution in [1.29, 1.82) is 0 Å². The molecule has 6 rings (SSSR count). The van der Waals surface area contributed by atoms with Gasteiger partial charge in [0.15, 0.2) is 6.61 Å². The van der Waals surface area contributed by atoms with Crippen molar-refractivity contribution in [2.75, 3.05) is 33.0 Å². The number of rotatable bonds is 0. The van der Waals surface area contributed by atoms with Crippen molar-refractivity contribution in [1.82, 2.24) is 10.2 Å². The maximum atomic E-state index is 13.1. The average Bonchev–Trinajstić information content (AvgIpc) is 3.08. The zero-order chi connectivity index (χ0) is 19.8. The van der Waals surface area contributed by atoms with Crippen molar-refractivity contribution >= 4 is 11.8 Å². The minimum absolute atomic E-state index is 0.00541. The number of fused-ring (bicyclic) bond motifs is 5. The SMILES string of the molecule is O=C1COC[C@@]2(CCN3C(=O)COc4ccccc4[C@H]4CC[C@H](CC4)OC[C@H]32)N1. The number of hydrogen-bond acceptors (Lipinski definition) is 5. The summed E-state index contributed by atoms with van der Waals surface area (Å²) in [5.41, 5.74) is 0.626. The maximum absolute atomic E-state index is 13.1. The van der Waals surface area contributed by atoms with Gasteiger partial charge in [-0.1, -0.05) is 18.2 Å². The number of nitrogens with zero attached hydrogens (tertiary/aromatic N) is 1. The number of nitrogens with one attached hydrogen (secondary N) is 1. The normalized spacial score (nSPS) is 35.0.